The second-order valence-corrected chi connectivity index (χ2v) is 4.30. The van der Waals surface area contributed by atoms with Crippen molar-refractivity contribution >= 4 is 12.0 Å². The number of urea groups is 1. The molecule has 2 amide bonds. The summed E-state index contributed by atoms with van der Waals surface area (Å²) in [6.07, 6.45) is -2.75. The standard InChI is InChI=1S/C10H18F2N2O4/c1-10(2,5-8(15)16)14-9(17)13-3-4-18-6-7(11)12/h7H,3-6H2,1-2H3,(H,15,16)(H2,13,14,17). The van der Waals surface area contributed by atoms with Gasteiger partial charge in [-0.05, 0) is 13.8 Å². The summed E-state index contributed by atoms with van der Waals surface area (Å²) >= 11 is 0. The maximum Gasteiger partial charge on any atom is 0.315 e. The van der Waals surface area contributed by atoms with E-state index < -0.39 is 30.6 Å². The van der Waals surface area contributed by atoms with Crippen LogP contribution in [0.2, 0.25) is 0 Å². The Bertz CT molecular complexity index is 285. The summed E-state index contributed by atoms with van der Waals surface area (Å²) in [6.45, 7) is 2.49. The summed E-state index contributed by atoms with van der Waals surface area (Å²) in [5.74, 6) is -1.03. The molecule has 0 rings (SSSR count). The summed E-state index contributed by atoms with van der Waals surface area (Å²) in [5.41, 5.74) is -0.889. The molecule has 0 aromatic carbocycles. The first-order chi connectivity index (χ1) is 8.23. The molecule has 0 spiro atoms. The zero-order valence-electron chi connectivity index (χ0n) is 10.3. The highest BCUT2D eigenvalue weighted by atomic mass is 19.3. The van der Waals surface area contributed by atoms with Gasteiger partial charge in [-0.25, -0.2) is 13.6 Å². The third kappa shape index (κ3) is 9.76. The van der Waals surface area contributed by atoms with Gasteiger partial charge in [0.1, 0.15) is 6.61 Å². The Hall–Kier alpha value is -1.44. The number of carboxylic acids is 1. The van der Waals surface area contributed by atoms with E-state index in [2.05, 4.69) is 15.4 Å². The van der Waals surface area contributed by atoms with E-state index in [-0.39, 0.29) is 19.6 Å². The predicted molar refractivity (Wildman–Crippen MR) is 59.7 cm³/mol. The summed E-state index contributed by atoms with van der Waals surface area (Å²) in [6, 6.07) is -0.568. The number of hydrogen-bond acceptors (Lipinski definition) is 3. The van der Waals surface area contributed by atoms with E-state index in [9.17, 15) is 18.4 Å². The monoisotopic (exact) mass is 268 g/mol. The summed E-state index contributed by atoms with van der Waals surface area (Å²) in [7, 11) is 0. The summed E-state index contributed by atoms with van der Waals surface area (Å²) in [4.78, 5) is 21.8. The van der Waals surface area contributed by atoms with Gasteiger partial charge in [0.2, 0.25) is 0 Å². The number of ether oxygens (including phenoxy) is 1. The van der Waals surface area contributed by atoms with Crippen molar-refractivity contribution in [2.75, 3.05) is 19.8 Å². The number of aliphatic carboxylic acids is 1. The second kappa shape index (κ2) is 7.80. The van der Waals surface area contributed by atoms with E-state index in [0.29, 0.717) is 0 Å². The van der Waals surface area contributed by atoms with E-state index in [1.165, 1.54) is 0 Å². The number of alkyl halides is 2. The molecule has 0 radical (unpaired) electrons. The lowest BCUT2D eigenvalue weighted by Crippen LogP contribution is -2.50. The van der Waals surface area contributed by atoms with E-state index in [1.54, 1.807) is 13.8 Å². The number of amides is 2. The fourth-order valence-electron chi connectivity index (χ4n) is 1.18. The number of nitrogens with one attached hydrogen (secondary N) is 2. The van der Waals surface area contributed by atoms with Crippen molar-refractivity contribution in [1.82, 2.24) is 10.6 Å². The number of carboxylic acid groups (broad SMARTS) is 1. The Morgan fingerprint density at radius 2 is 2.00 bits per heavy atom. The first-order valence-electron chi connectivity index (χ1n) is 5.36. The number of carbonyl (C=O) groups is 2. The molecule has 8 heteroatoms. The average Bonchev–Trinajstić information content (AvgIpc) is 2.13. The molecule has 0 aliphatic carbocycles. The lowest BCUT2D eigenvalue weighted by molar-refractivity contribution is -0.138. The smallest absolute Gasteiger partial charge is 0.315 e. The highest BCUT2D eigenvalue weighted by molar-refractivity contribution is 5.76. The van der Waals surface area contributed by atoms with Gasteiger partial charge >= 0.3 is 12.0 Å². The molecule has 0 fully saturated rings. The molecule has 106 valence electrons. The minimum Gasteiger partial charge on any atom is -0.481 e. The number of carbonyl (C=O) groups excluding carboxylic acids is 1. The van der Waals surface area contributed by atoms with Crippen molar-refractivity contribution in [2.45, 2.75) is 32.2 Å². The molecule has 0 saturated carbocycles. The van der Waals surface area contributed by atoms with E-state index in [1.807, 2.05) is 0 Å². The molecule has 0 heterocycles. The van der Waals surface area contributed by atoms with Crippen LogP contribution in [0.5, 0.6) is 0 Å². The first kappa shape index (κ1) is 16.6. The van der Waals surface area contributed by atoms with Crippen molar-refractivity contribution in [3.05, 3.63) is 0 Å². The van der Waals surface area contributed by atoms with Crippen LogP contribution < -0.4 is 10.6 Å². The Morgan fingerprint density at radius 1 is 1.39 bits per heavy atom. The third-order valence-electron chi connectivity index (χ3n) is 1.82. The lowest BCUT2D eigenvalue weighted by atomic mass is 10.0. The molecule has 0 bridgehead atoms. The van der Waals surface area contributed by atoms with Crippen LogP contribution >= 0.6 is 0 Å². The van der Waals surface area contributed by atoms with Crippen molar-refractivity contribution in [3.8, 4) is 0 Å². The maximum atomic E-state index is 11.7. The lowest BCUT2D eigenvalue weighted by Gasteiger charge is -2.24. The molecule has 0 aliphatic heterocycles. The van der Waals surface area contributed by atoms with E-state index >= 15 is 0 Å². The first-order valence-corrected chi connectivity index (χ1v) is 5.36. The Labute approximate surface area is 104 Å². The maximum absolute atomic E-state index is 11.7. The van der Waals surface area contributed by atoms with Gasteiger partial charge in [0, 0.05) is 12.1 Å². The van der Waals surface area contributed by atoms with Gasteiger partial charge in [-0.3, -0.25) is 4.79 Å². The van der Waals surface area contributed by atoms with Crippen molar-refractivity contribution in [3.63, 3.8) is 0 Å². The predicted octanol–water partition coefficient (Wildman–Crippen LogP) is 0.821. The van der Waals surface area contributed by atoms with Gasteiger partial charge in [-0.15, -0.1) is 0 Å². The molecular formula is C10H18F2N2O4. The van der Waals surface area contributed by atoms with Crippen LogP contribution in [0.4, 0.5) is 13.6 Å². The van der Waals surface area contributed by atoms with Crippen LogP contribution in [0, 0.1) is 0 Å². The van der Waals surface area contributed by atoms with Crippen molar-refractivity contribution in [1.29, 1.82) is 0 Å². The normalized spacial score (nSPS) is 11.4. The zero-order chi connectivity index (χ0) is 14.2. The molecule has 0 saturated heterocycles. The van der Waals surface area contributed by atoms with Crippen LogP contribution in [-0.2, 0) is 9.53 Å². The largest absolute Gasteiger partial charge is 0.481 e. The molecule has 0 aromatic rings. The summed E-state index contributed by atoms with van der Waals surface area (Å²) in [5, 5.41) is 13.4. The number of rotatable bonds is 8. The van der Waals surface area contributed by atoms with Crippen LogP contribution in [-0.4, -0.2) is 48.8 Å². The molecule has 0 aliphatic rings. The van der Waals surface area contributed by atoms with Gasteiger partial charge in [0.25, 0.3) is 6.43 Å². The molecule has 18 heavy (non-hydrogen) atoms. The molecular weight excluding hydrogens is 250 g/mol. The quantitative estimate of drug-likeness (QED) is 0.569. The fraction of sp³-hybridized carbons (Fsp3) is 0.800. The van der Waals surface area contributed by atoms with Gasteiger partial charge in [-0.1, -0.05) is 0 Å². The van der Waals surface area contributed by atoms with E-state index in [4.69, 9.17) is 5.11 Å². The number of halogens is 2. The van der Waals surface area contributed by atoms with Crippen molar-refractivity contribution in [2.24, 2.45) is 0 Å². The fourth-order valence-corrected chi connectivity index (χ4v) is 1.18. The minimum atomic E-state index is -2.53. The average molecular weight is 268 g/mol. The van der Waals surface area contributed by atoms with E-state index in [0.717, 1.165) is 0 Å². The highest BCUT2D eigenvalue weighted by Crippen LogP contribution is 2.07. The summed E-state index contributed by atoms with van der Waals surface area (Å²) < 4.78 is 27.9. The Kier molecular flexibility index (Phi) is 7.18. The Morgan fingerprint density at radius 3 is 2.50 bits per heavy atom. The highest BCUT2D eigenvalue weighted by Gasteiger charge is 2.23. The van der Waals surface area contributed by atoms with Gasteiger partial charge in [-0.2, -0.15) is 0 Å². The molecule has 0 unspecified atom stereocenters. The van der Waals surface area contributed by atoms with Gasteiger partial charge in [0.15, 0.2) is 0 Å². The molecule has 0 atom stereocenters. The zero-order valence-corrected chi connectivity index (χ0v) is 10.3. The Balaban J connectivity index is 3.74. The minimum absolute atomic E-state index is 0.0306. The van der Waals surface area contributed by atoms with Crippen LogP contribution in [0.25, 0.3) is 0 Å². The molecule has 0 aromatic heterocycles. The third-order valence-corrected chi connectivity index (χ3v) is 1.82. The van der Waals surface area contributed by atoms with Crippen LogP contribution in [0.3, 0.4) is 0 Å². The molecule has 6 nitrogen and oxygen atoms in total. The second-order valence-electron chi connectivity index (χ2n) is 4.30. The van der Waals surface area contributed by atoms with Gasteiger partial charge in [0.05, 0.1) is 13.0 Å². The SMILES string of the molecule is CC(C)(CC(=O)O)NC(=O)NCCOCC(F)F. The molecule has 3 N–H and O–H groups in total. The number of hydrogen-bond donors (Lipinski definition) is 3. The van der Waals surface area contributed by atoms with Crippen LogP contribution in [0.1, 0.15) is 20.3 Å². The van der Waals surface area contributed by atoms with Crippen LogP contribution in [0.15, 0.2) is 0 Å². The topological polar surface area (TPSA) is 87.7 Å². The van der Waals surface area contributed by atoms with Crippen molar-refractivity contribution < 1.29 is 28.2 Å². The van der Waals surface area contributed by atoms with Gasteiger partial charge < -0.3 is 20.5 Å².